The molecule has 0 saturated heterocycles. The summed E-state index contributed by atoms with van der Waals surface area (Å²) in [5.74, 6) is 6.54. The van der Waals surface area contributed by atoms with E-state index in [0.29, 0.717) is 0 Å². The third kappa shape index (κ3) is 3.53. The Morgan fingerprint density at radius 1 is 1.29 bits per heavy atom. The summed E-state index contributed by atoms with van der Waals surface area (Å²) in [6.45, 7) is 0. The normalized spacial score (nSPS) is 18.5. The zero-order valence-corrected chi connectivity index (χ0v) is 12.9. The molecule has 17 heavy (non-hydrogen) atoms. The van der Waals surface area contributed by atoms with Crippen molar-refractivity contribution in [3.63, 3.8) is 0 Å². The molecule has 0 amide bonds. The lowest BCUT2D eigenvalue weighted by molar-refractivity contribution is 0.399. The summed E-state index contributed by atoms with van der Waals surface area (Å²) in [6, 6.07) is 6.49. The second kappa shape index (κ2) is 6.32. The Hall–Kier alpha value is 0.1000. The maximum atomic E-state index is 5.72. The van der Waals surface area contributed by atoms with Gasteiger partial charge in [-0.25, -0.2) is 0 Å². The van der Waals surface area contributed by atoms with Gasteiger partial charge in [0.2, 0.25) is 0 Å². The number of hydrogen-bond acceptors (Lipinski definition) is 2. The highest BCUT2D eigenvalue weighted by Crippen LogP contribution is 2.35. The molecule has 0 radical (unpaired) electrons. The van der Waals surface area contributed by atoms with E-state index in [-0.39, 0.29) is 6.04 Å². The van der Waals surface area contributed by atoms with Gasteiger partial charge in [0.15, 0.2) is 0 Å². The van der Waals surface area contributed by atoms with Crippen LogP contribution in [0.4, 0.5) is 0 Å². The van der Waals surface area contributed by atoms with Crippen molar-refractivity contribution in [1.82, 2.24) is 5.43 Å². The molecule has 1 aromatic carbocycles. The van der Waals surface area contributed by atoms with Crippen molar-refractivity contribution in [2.75, 3.05) is 0 Å². The van der Waals surface area contributed by atoms with Crippen molar-refractivity contribution in [2.45, 2.75) is 38.1 Å². The molecule has 1 aliphatic carbocycles. The van der Waals surface area contributed by atoms with Gasteiger partial charge in [0.05, 0.1) is 0 Å². The monoisotopic (exact) mass is 360 g/mol. The van der Waals surface area contributed by atoms with Crippen LogP contribution in [-0.4, -0.2) is 0 Å². The van der Waals surface area contributed by atoms with Gasteiger partial charge in [0.25, 0.3) is 0 Å². The first-order valence-electron chi connectivity index (χ1n) is 6.12. The van der Waals surface area contributed by atoms with E-state index in [2.05, 4.69) is 49.4 Å². The lowest BCUT2D eigenvalue weighted by atomic mass is 9.94. The van der Waals surface area contributed by atoms with E-state index in [4.69, 9.17) is 5.84 Å². The fraction of sp³-hybridized carbons (Fsp3) is 0.538. The quantitative estimate of drug-likeness (QED) is 0.619. The minimum Gasteiger partial charge on any atom is -0.271 e. The third-order valence-electron chi connectivity index (χ3n) is 3.58. The summed E-state index contributed by atoms with van der Waals surface area (Å²) < 4.78 is 2.23. The van der Waals surface area contributed by atoms with E-state index in [1.807, 2.05) is 6.07 Å². The first-order valence-corrected chi connectivity index (χ1v) is 7.70. The van der Waals surface area contributed by atoms with E-state index in [0.717, 1.165) is 21.3 Å². The summed E-state index contributed by atoms with van der Waals surface area (Å²) in [5.41, 5.74) is 4.21. The van der Waals surface area contributed by atoms with Crippen LogP contribution in [0, 0.1) is 5.92 Å². The molecule has 1 saturated carbocycles. The number of halogens is 2. The highest BCUT2D eigenvalue weighted by molar-refractivity contribution is 9.11. The Morgan fingerprint density at radius 2 is 2.00 bits per heavy atom. The average Bonchev–Trinajstić information content (AvgIpc) is 2.82. The minimum absolute atomic E-state index is 0.241. The summed E-state index contributed by atoms with van der Waals surface area (Å²) in [7, 11) is 0. The van der Waals surface area contributed by atoms with E-state index < -0.39 is 0 Å². The molecule has 3 N–H and O–H groups in total. The molecule has 2 rings (SSSR count). The Bertz CT molecular complexity index is 376. The summed E-state index contributed by atoms with van der Waals surface area (Å²) in [6.07, 6.45) is 6.59. The largest absolute Gasteiger partial charge is 0.271 e. The average molecular weight is 362 g/mol. The topological polar surface area (TPSA) is 38.0 Å². The lowest BCUT2D eigenvalue weighted by Gasteiger charge is -2.21. The van der Waals surface area contributed by atoms with Gasteiger partial charge in [-0.1, -0.05) is 57.5 Å². The molecule has 94 valence electrons. The predicted octanol–water partition coefficient (Wildman–Crippen LogP) is 4.30. The molecule has 1 fully saturated rings. The number of nitrogens with two attached hydrogens (primary N) is 1. The number of hydrazine groups is 1. The molecule has 0 bridgehead atoms. The van der Waals surface area contributed by atoms with E-state index in [9.17, 15) is 0 Å². The molecule has 0 aliphatic heterocycles. The van der Waals surface area contributed by atoms with Crippen molar-refractivity contribution in [2.24, 2.45) is 11.8 Å². The van der Waals surface area contributed by atoms with Crippen molar-refractivity contribution >= 4 is 31.9 Å². The van der Waals surface area contributed by atoms with Gasteiger partial charge in [-0.3, -0.25) is 11.3 Å². The van der Waals surface area contributed by atoms with E-state index >= 15 is 0 Å². The van der Waals surface area contributed by atoms with Gasteiger partial charge in [-0.05, 0) is 36.1 Å². The van der Waals surface area contributed by atoms with E-state index in [1.165, 1.54) is 31.2 Å². The molecule has 1 unspecified atom stereocenters. The van der Waals surface area contributed by atoms with Crippen molar-refractivity contribution in [1.29, 1.82) is 0 Å². The molecule has 1 aromatic rings. The molecule has 2 nitrogen and oxygen atoms in total. The fourth-order valence-corrected chi connectivity index (χ4v) is 3.55. The molecular formula is C13H18Br2N2. The Morgan fingerprint density at radius 3 is 2.65 bits per heavy atom. The summed E-state index contributed by atoms with van der Waals surface area (Å²) in [4.78, 5) is 0. The lowest BCUT2D eigenvalue weighted by Crippen LogP contribution is -2.29. The van der Waals surface area contributed by atoms with E-state index in [1.54, 1.807) is 0 Å². The molecule has 0 aromatic heterocycles. The second-order valence-corrected chi connectivity index (χ2v) is 6.54. The molecule has 4 heteroatoms. The van der Waals surface area contributed by atoms with Gasteiger partial charge in [-0.15, -0.1) is 0 Å². The molecule has 0 heterocycles. The van der Waals surface area contributed by atoms with Crippen LogP contribution in [0.15, 0.2) is 27.1 Å². The van der Waals surface area contributed by atoms with Gasteiger partial charge in [0, 0.05) is 15.0 Å². The zero-order chi connectivity index (χ0) is 12.3. The SMILES string of the molecule is NNC(CC1CCCC1)c1cc(Br)ccc1Br. The first kappa shape index (κ1) is 13.5. The van der Waals surface area contributed by atoms with Crippen LogP contribution < -0.4 is 11.3 Å². The number of nitrogens with one attached hydrogen (secondary N) is 1. The summed E-state index contributed by atoms with van der Waals surface area (Å²) >= 11 is 7.12. The molecular weight excluding hydrogens is 344 g/mol. The predicted molar refractivity (Wildman–Crippen MR) is 78.5 cm³/mol. The highest BCUT2D eigenvalue weighted by Gasteiger charge is 2.21. The molecule has 1 atom stereocenters. The van der Waals surface area contributed by atoms with Gasteiger partial charge >= 0.3 is 0 Å². The minimum atomic E-state index is 0.241. The molecule has 0 spiro atoms. The number of hydrogen-bond donors (Lipinski definition) is 2. The van der Waals surface area contributed by atoms with Crippen LogP contribution in [0.1, 0.15) is 43.7 Å². The van der Waals surface area contributed by atoms with Gasteiger partial charge in [0.1, 0.15) is 0 Å². The Labute approximate surface area is 120 Å². The third-order valence-corrected chi connectivity index (χ3v) is 4.79. The first-order chi connectivity index (χ1) is 8.20. The Kier molecular flexibility index (Phi) is 5.03. The van der Waals surface area contributed by atoms with Crippen LogP contribution in [0.3, 0.4) is 0 Å². The molecule has 1 aliphatic rings. The van der Waals surface area contributed by atoms with Crippen LogP contribution >= 0.6 is 31.9 Å². The highest BCUT2D eigenvalue weighted by atomic mass is 79.9. The fourth-order valence-electron chi connectivity index (χ4n) is 2.65. The van der Waals surface area contributed by atoms with Crippen LogP contribution in [0.2, 0.25) is 0 Å². The second-order valence-electron chi connectivity index (χ2n) is 4.77. The smallest absolute Gasteiger partial charge is 0.0474 e. The number of benzene rings is 1. The van der Waals surface area contributed by atoms with Crippen molar-refractivity contribution in [3.05, 3.63) is 32.7 Å². The van der Waals surface area contributed by atoms with Crippen molar-refractivity contribution < 1.29 is 0 Å². The maximum Gasteiger partial charge on any atom is 0.0474 e. The maximum absolute atomic E-state index is 5.72. The standard InChI is InChI=1S/C13H18Br2N2/c14-10-5-6-12(15)11(8-10)13(17-16)7-9-3-1-2-4-9/h5-6,8-9,13,17H,1-4,7,16H2. The van der Waals surface area contributed by atoms with Crippen LogP contribution in [0.5, 0.6) is 0 Å². The van der Waals surface area contributed by atoms with Gasteiger partial charge < -0.3 is 0 Å². The Balaban J connectivity index is 2.13. The summed E-state index contributed by atoms with van der Waals surface area (Å²) in [5, 5.41) is 0. The number of rotatable bonds is 4. The zero-order valence-electron chi connectivity index (χ0n) is 9.76. The van der Waals surface area contributed by atoms with Crippen LogP contribution in [-0.2, 0) is 0 Å². The van der Waals surface area contributed by atoms with Gasteiger partial charge in [-0.2, -0.15) is 0 Å². The van der Waals surface area contributed by atoms with Crippen molar-refractivity contribution in [3.8, 4) is 0 Å². The van der Waals surface area contributed by atoms with Crippen LogP contribution in [0.25, 0.3) is 0 Å².